The Labute approximate surface area is 197 Å². The van der Waals surface area contributed by atoms with Crippen LogP contribution in [0.1, 0.15) is 21.6 Å². The Balaban J connectivity index is 1.98. The van der Waals surface area contributed by atoms with Gasteiger partial charge in [0.25, 0.3) is 11.8 Å². The number of amides is 3. The largest absolute Gasteiger partial charge is 0.416 e. The normalized spacial score (nSPS) is 13.0. The first-order chi connectivity index (χ1) is 16.5. The predicted molar refractivity (Wildman–Crippen MR) is 117 cm³/mol. The molecule has 0 saturated carbocycles. The zero-order valence-electron chi connectivity index (χ0n) is 18.6. The van der Waals surface area contributed by atoms with Gasteiger partial charge < -0.3 is 16.0 Å². The second kappa shape index (κ2) is 9.95. The average molecular weight is 491 g/mol. The Bertz CT molecular complexity index is 1240. The molecule has 0 bridgehead atoms. The molecule has 12 heteroatoms. The highest BCUT2D eigenvalue weighted by atomic mass is 19.4. The molecule has 1 heterocycles. The van der Waals surface area contributed by atoms with Gasteiger partial charge in [-0.3, -0.25) is 19.1 Å². The van der Waals surface area contributed by atoms with Gasteiger partial charge in [-0.1, -0.05) is 18.2 Å². The van der Waals surface area contributed by atoms with Gasteiger partial charge in [0.05, 0.1) is 23.4 Å². The van der Waals surface area contributed by atoms with Crippen molar-refractivity contribution >= 4 is 18.2 Å². The van der Waals surface area contributed by atoms with Crippen LogP contribution in [-0.4, -0.2) is 41.6 Å². The van der Waals surface area contributed by atoms with Crippen LogP contribution < -0.4 is 16.0 Å². The molecule has 1 aromatic heterocycles. The van der Waals surface area contributed by atoms with E-state index >= 15 is 0 Å². The van der Waals surface area contributed by atoms with E-state index in [1.807, 2.05) is 0 Å². The molecule has 1 atom stereocenters. The summed E-state index contributed by atoms with van der Waals surface area (Å²) in [5.41, 5.74) is -2.75. The van der Waals surface area contributed by atoms with Crippen LogP contribution in [0.5, 0.6) is 0 Å². The zero-order chi connectivity index (χ0) is 25.8. The number of halogens is 4. The molecule has 0 spiro atoms. The van der Waals surface area contributed by atoms with E-state index in [0.29, 0.717) is 6.41 Å². The SMILES string of the molecule is CNC(=O)C(CNC(=O)c1cccc(F)c1-c1ccc(C(F)(F)F)cc1)(NC=O)c1ccnn1C. The molecular weight excluding hydrogens is 470 g/mol. The third-order valence-corrected chi connectivity index (χ3v) is 5.45. The van der Waals surface area contributed by atoms with Crippen LogP contribution >= 0.6 is 0 Å². The molecule has 2 aromatic carbocycles. The van der Waals surface area contributed by atoms with Gasteiger partial charge in [0.2, 0.25) is 6.41 Å². The molecule has 184 valence electrons. The number of hydrogen-bond acceptors (Lipinski definition) is 4. The molecule has 1 unspecified atom stereocenters. The maximum atomic E-state index is 14.7. The van der Waals surface area contributed by atoms with Gasteiger partial charge in [0.15, 0.2) is 5.54 Å². The quantitative estimate of drug-likeness (QED) is 0.332. The third-order valence-electron chi connectivity index (χ3n) is 5.45. The van der Waals surface area contributed by atoms with Crippen LogP contribution in [0, 0.1) is 5.82 Å². The summed E-state index contributed by atoms with van der Waals surface area (Å²) < 4.78 is 54.8. The number of alkyl halides is 3. The summed E-state index contributed by atoms with van der Waals surface area (Å²) in [4.78, 5) is 37.3. The lowest BCUT2D eigenvalue weighted by molar-refractivity contribution is -0.137. The summed E-state index contributed by atoms with van der Waals surface area (Å²) in [6, 6.07) is 8.83. The molecule has 0 saturated heterocycles. The third kappa shape index (κ3) is 5.00. The van der Waals surface area contributed by atoms with E-state index in [4.69, 9.17) is 0 Å². The fraction of sp³-hybridized carbons (Fsp3) is 0.217. The van der Waals surface area contributed by atoms with Gasteiger partial charge >= 0.3 is 6.18 Å². The highest BCUT2D eigenvalue weighted by Gasteiger charge is 2.42. The Morgan fingerprint density at radius 1 is 1.09 bits per heavy atom. The maximum Gasteiger partial charge on any atom is 0.416 e. The van der Waals surface area contributed by atoms with Crippen molar-refractivity contribution in [2.45, 2.75) is 11.7 Å². The number of aryl methyl sites for hydroxylation is 1. The number of hydrogen-bond donors (Lipinski definition) is 3. The van der Waals surface area contributed by atoms with Gasteiger partial charge in [0.1, 0.15) is 5.82 Å². The number of nitrogens with zero attached hydrogens (tertiary/aromatic N) is 2. The van der Waals surface area contributed by atoms with Crippen LogP contribution in [-0.2, 0) is 28.4 Å². The van der Waals surface area contributed by atoms with Crippen LogP contribution in [0.15, 0.2) is 54.7 Å². The van der Waals surface area contributed by atoms with E-state index in [1.54, 1.807) is 0 Å². The smallest absolute Gasteiger partial charge is 0.357 e. The fourth-order valence-corrected chi connectivity index (χ4v) is 3.72. The molecule has 0 aliphatic heterocycles. The van der Waals surface area contributed by atoms with Crippen molar-refractivity contribution in [3.05, 3.63) is 77.4 Å². The van der Waals surface area contributed by atoms with Crippen LogP contribution in [0.3, 0.4) is 0 Å². The molecule has 35 heavy (non-hydrogen) atoms. The molecular formula is C23H21F4N5O3. The zero-order valence-corrected chi connectivity index (χ0v) is 18.6. The lowest BCUT2D eigenvalue weighted by Gasteiger charge is -2.31. The number of carbonyl (C=O) groups is 3. The van der Waals surface area contributed by atoms with Crippen molar-refractivity contribution in [3.63, 3.8) is 0 Å². The summed E-state index contributed by atoms with van der Waals surface area (Å²) in [5.74, 6) is -2.30. The number of nitrogens with one attached hydrogen (secondary N) is 3. The monoisotopic (exact) mass is 491 g/mol. The predicted octanol–water partition coefficient (Wildman–Crippen LogP) is 2.36. The molecule has 0 radical (unpaired) electrons. The Hall–Kier alpha value is -4.22. The molecule has 0 fully saturated rings. The molecule has 0 aliphatic carbocycles. The number of rotatable bonds is 8. The second-order valence-corrected chi connectivity index (χ2v) is 7.51. The summed E-state index contributed by atoms with van der Waals surface area (Å²) in [5, 5.41) is 11.4. The van der Waals surface area contributed by atoms with Crippen molar-refractivity contribution in [3.8, 4) is 11.1 Å². The Morgan fingerprint density at radius 2 is 1.77 bits per heavy atom. The first-order valence-corrected chi connectivity index (χ1v) is 10.2. The van der Waals surface area contributed by atoms with Crippen LogP contribution in [0.2, 0.25) is 0 Å². The van der Waals surface area contributed by atoms with Gasteiger partial charge in [-0.15, -0.1) is 0 Å². The van der Waals surface area contributed by atoms with E-state index < -0.39 is 41.5 Å². The standard InChI is InChI=1S/C23H21F4N5O3/c1-28-21(35)22(30-13-33,18-10-11-31-32(18)2)12-29-20(34)16-4-3-5-17(24)19(16)14-6-8-15(9-7-14)23(25,26)27/h3-11,13H,12H2,1-2H3,(H,28,35)(H,29,34)(H,30,33). The lowest BCUT2D eigenvalue weighted by atomic mass is 9.92. The lowest BCUT2D eigenvalue weighted by Crippen LogP contribution is -2.60. The first kappa shape index (κ1) is 25.4. The number of aromatic nitrogens is 2. The van der Waals surface area contributed by atoms with Gasteiger partial charge in [0, 0.05) is 25.9 Å². The maximum absolute atomic E-state index is 14.7. The van der Waals surface area contributed by atoms with E-state index in [0.717, 1.165) is 30.3 Å². The number of likely N-dealkylation sites (N-methyl/N-ethyl adjacent to an activating group) is 1. The van der Waals surface area contributed by atoms with Gasteiger partial charge in [-0.05, 0) is 35.9 Å². The topological polar surface area (TPSA) is 105 Å². The minimum Gasteiger partial charge on any atom is -0.357 e. The average Bonchev–Trinajstić information content (AvgIpc) is 3.26. The number of carbonyl (C=O) groups excluding carboxylic acids is 3. The van der Waals surface area contributed by atoms with Crippen LogP contribution in [0.4, 0.5) is 17.6 Å². The van der Waals surface area contributed by atoms with Crippen molar-refractivity contribution in [1.82, 2.24) is 25.7 Å². The van der Waals surface area contributed by atoms with Gasteiger partial charge in [-0.2, -0.15) is 18.3 Å². The minimum absolute atomic E-state index is 0.0523. The molecule has 8 nitrogen and oxygen atoms in total. The van der Waals surface area contributed by atoms with Crippen molar-refractivity contribution < 1.29 is 31.9 Å². The highest BCUT2D eigenvalue weighted by Crippen LogP contribution is 2.33. The number of benzene rings is 2. The first-order valence-electron chi connectivity index (χ1n) is 10.2. The second-order valence-electron chi connectivity index (χ2n) is 7.51. The van der Waals surface area contributed by atoms with Crippen molar-refractivity contribution in [2.24, 2.45) is 7.05 Å². The van der Waals surface area contributed by atoms with Crippen molar-refractivity contribution in [2.75, 3.05) is 13.6 Å². The fourth-order valence-electron chi connectivity index (χ4n) is 3.72. The summed E-state index contributed by atoms with van der Waals surface area (Å²) in [7, 11) is 2.88. The van der Waals surface area contributed by atoms with Gasteiger partial charge in [-0.25, -0.2) is 4.39 Å². The van der Waals surface area contributed by atoms with E-state index in [1.165, 1.54) is 43.2 Å². The molecule has 3 N–H and O–H groups in total. The molecule has 3 aromatic rings. The van der Waals surface area contributed by atoms with E-state index in [9.17, 15) is 31.9 Å². The van der Waals surface area contributed by atoms with E-state index in [-0.39, 0.29) is 22.4 Å². The van der Waals surface area contributed by atoms with Crippen molar-refractivity contribution in [1.29, 1.82) is 0 Å². The summed E-state index contributed by atoms with van der Waals surface area (Å²) >= 11 is 0. The highest BCUT2D eigenvalue weighted by molar-refractivity contribution is 6.01. The molecule has 3 rings (SSSR count). The summed E-state index contributed by atoms with van der Waals surface area (Å²) in [6.45, 7) is -0.438. The Kier molecular flexibility index (Phi) is 7.22. The minimum atomic E-state index is -4.57. The van der Waals surface area contributed by atoms with Crippen LogP contribution in [0.25, 0.3) is 11.1 Å². The summed E-state index contributed by atoms with van der Waals surface area (Å²) in [6.07, 6.45) is -2.88. The van der Waals surface area contributed by atoms with E-state index in [2.05, 4.69) is 21.0 Å². The molecule has 0 aliphatic rings. The molecule has 3 amide bonds. The Morgan fingerprint density at radius 3 is 2.31 bits per heavy atom.